The first-order chi connectivity index (χ1) is 7.19. The third-order valence-corrected chi connectivity index (χ3v) is 3.13. The number of amides is 1. The van der Waals surface area contributed by atoms with Crippen molar-refractivity contribution in [3.05, 3.63) is 0 Å². The van der Waals surface area contributed by atoms with Gasteiger partial charge in [0.25, 0.3) is 0 Å². The van der Waals surface area contributed by atoms with Crippen LogP contribution in [0.15, 0.2) is 0 Å². The Kier molecular flexibility index (Phi) is 5.09. The number of hydrogen-bond acceptors (Lipinski definition) is 2. The Balaban J connectivity index is 2.32. The molecule has 0 aliphatic heterocycles. The second-order valence-corrected chi connectivity index (χ2v) is 4.65. The Bertz CT molecular complexity index is 202. The van der Waals surface area contributed by atoms with Crippen LogP contribution >= 0.6 is 0 Å². The molecule has 0 aromatic rings. The summed E-state index contributed by atoms with van der Waals surface area (Å²) in [7, 11) is 0. The summed E-state index contributed by atoms with van der Waals surface area (Å²) in [6.45, 7) is 6.60. The van der Waals surface area contributed by atoms with Crippen LogP contribution in [0.3, 0.4) is 0 Å². The molecule has 88 valence electrons. The molecule has 0 aromatic carbocycles. The van der Waals surface area contributed by atoms with Crippen LogP contribution in [0.5, 0.6) is 0 Å². The Morgan fingerprint density at radius 3 is 2.67 bits per heavy atom. The molecule has 3 heteroatoms. The maximum atomic E-state index is 12.0. The van der Waals surface area contributed by atoms with Crippen LogP contribution in [0.1, 0.15) is 39.5 Å². The van der Waals surface area contributed by atoms with E-state index < -0.39 is 0 Å². The molecular formula is C12H24N2O. The SMILES string of the molecule is CCN(CC1CC1)C(=O)C(C)CCCN. The molecule has 2 N–H and O–H groups in total. The van der Waals surface area contributed by atoms with E-state index in [1.54, 1.807) is 0 Å². The smallest absolute Gasteiger partial charge is 0.225 e. The molecule has 15 heavy (non-hydrogen) atoms. The molecule has 0 spiro atoms. The quantitative estimate of drug-likeness (QED) is 0.697. The Hall–Kier alpha value is -0.570. The number of carbonyl (C=O) groups excluding carboxylic acids is 1. The van der Waals surface area contributed by atoms with Crippen molar-refractivity contribution in [1.29, 1.82) is 0 Å². The van der Waals surface area contributed by atoms with E-state index in [0.717, 1.165) is 31.8 Å². The average molecular weight is 212 g/mol. The molecule has 0 aromatic heterocycles. The molecule has 1 unspecified atom stereocenters. The molecule has 0 bridgehead atoms. The fourth-order valence-corrected chi connectivity index (χ4v) is 1.85. The Morgan fingerprint density at radius 1 is 1.53 bits per heavy atom. The first-order valence-electron chi connectivity index (χ1n) is 6.17. The molecule has 0 radical (unpaired) electrons. The van der Waals surface area contributed by atoms with Crippen molar-refractivity contribution >= 4 is 5.91 Å². The van der Waals surface area contributed by atoms with Crippen molar-refractivity contribution in [3.8, 4) is 0 Å². The minimum atomic E-state index is 0.146. The Morgan fingerprint density at radius 2 is 2.20 bits per heavy atom. The van der Waals surface area contributed by atoms with E-state index in [-0.39, 0.29) is 5.92 Å². The van der Waals surface area contributed by atoms with Crippen LogP contribution < -0.4 is 5.73 Å². The highest BCUT2D eigenvalue weighted by Crippen LogP contribution is 2.30. The summed E-state index contributed by atoms with van der Waals surface area (Å²) < 4.78 is 0. The van der Waals surface area contributed by atoms with Crippen LogP contribution in [0.25, 0.3) is 0 Å². The van der Waals surface area contributed by atoms with Crippen LogP contribution in [0, 0.1) is 11.8 Å². The first-order valence-corrected chi connectivity index (χ1v) is 6.17. The van der Waals surface area contributed by atoms with E-state index in [4.69, 9.17) is 5.73 Å². The van der Waals surface area contributed by atoms with Crippen LogP contribution in [0.4, 0.5) is 0 Å². The zero-order valence-corrected chi connectivity index (χ0v) is 10.0. The molecule has 1 rings (SSSR count). The van der Waals surface area contributed by atoms with Gasteiger partial charge in [0, 0.05) is 19.0 Å². The van der Waals surface area contributed by atoms with Gasteiger partial charge in [-0.3, -0.25) is 4.79 Å². The van der Waals surface area contributed by atoms with Crippen LogP contribution in [0.2, 0.25) is 0 Å². The molecule has 1 saturated carbocycles. The lowest BCUT2D eigenvalue weighted by Gasteiger charge is -2.24. The molecule has 0 saturated heterocycles. The summed E-state index contributed by atoms with van der Waals surface area (Å²) >= 11 is 0. The maximum absolute atomic E-state index is 12.0. The fraction of sp³-hybridized carbons (Fsp3) is 0.917. The number of carbonyl (C=O) groups is 1. The lowest BCUT2D eigenvalue weighted by molar-refractivity contribution is -0.135. The van der Waals surface area contributed by atoms with Gasteiger partial charge >= 0.3 is 0 Å². The summed E-state index contributed by atoms with van der Waals surface area (Å²) in [5.74, 6) is 1.25. The van der Waals surface area contributed by atoms with Crippen molar-refractivity contribution < 1.29 is 4.79 Å². The summed E-state index contributed by atoms with van der Waals surface area (Å²) in [5, 5.41) is 0. The van der Waals surface area contributed by atoms with E-state index in [1.165, 1.54) is 12.8 Å². The highest BCUT2D eigenvalue weighted by Gasteiger charge is 2.27. The molecule has 3 nitrogen and oxygen atoms in total. The highest BCUT2D eigenvalue weighted by molar-refractivity contribution is 5.78. The summed E-state index contributed by atoms with van der Waals surface area (Å²) in [4.78, 5) is 14.0. The Labute approximate surface area is 93.0 Å². The molecule has 1 aliphatic rings. The minimum absolute atomic E-state index is 0.146. The second kappa shape index (κ2) is 6.11. The fourth-order valence-electron chi connectivity index (χ4n) is 1.85. The molecule has 1 amide bonds. The van der Waals surface area contributed by atoms with E-state index in [2.05, 4.69) is 6.92 Å². The summed E-state index contributed by atoms with van der Waals surface area (Å²) in [6, 6.07) is 0. The van der Waals surface area contributed by atoms with Crippen molar-refractivity contribution in [1.82, 2.24) is 4.90 Å². The van der Waals surface area contributed by atoms with Gasteiger partial charge in [0.05, 0.1) is 0 Å². The zero-order chi connectivity index (χ0) is 11.3. The first kappa shape index (κ1) is 12.5. The average Bonchev–Trinajstić information content (AvgIpc) is 3.05. The lowest BCUT2D eigenvalue weighted by atomic mass is 10.0. The normalized spacial score (nSPS) is 17.5. The van der Waals surface area contributed by atoms with Crippen molar-refractivity contribution in [2.75, 3.05) is 19.6 Å². The molecule has 1 atom stereocenters. The van der Waals surface area contributed by atoms with Crippen LogP contribution in [-0.2, 0) is 4.79 Å². The van der Waals surface area contributed by atoms with E-state index >= 15 is 0 Å². The van der Waals surface area contributed by atoms with Gasteiger partial charge in [-0.1, -0.05) is 6.92 Å². The number of nitrogens with zero attached hydrogens (tertiary/aromatic N) is 1. The lowest BCUT2D eigenvalue weighted by Crippen LogP contribution is -2.36. The topological polar surface area (TPSA) is 46.3 Å². The maximum Gasteiger partial charge on any atom is 0.225 e. The molecule has 1 fully saturated rings. The van der Waals surface area contributed by atoms with Gasteiger partial charge in [-0.2, -0.15) is 0 Å². The van der Waals surface area contributed by atoms with Crippen molar-refractivity contribution in [2.45, 2.75) is 39.5 Å². The summed E-state index contributed by atoms with van der Waals surface area (Å²) in [6.07, 6.45) is 4.49. The van der Waals surface area contributed by atoms with Crippen molar-refractivity contribution in [2.24, 2.45) is 17.6 Å². The van der Waals surface area contributed by atoms with E-state index in [1.807, 2.05) is 11.8 Å². The van der Waals surface area contributed by atoms with Gasteiger partial charge in [-0.15, -0.1) is 0 Å². The molecule has 0 heterocycles. The zero-order valence-electron chi connectivity index (χ0n) is 10.0. The van der Waals surface area contributed by atoms with Gasteiger partial charge in [0.1, 0.15) is 0 Å². The predicted octanol–water partition coefficient (Wildman–Crippen LogP) is 1.62. The van der Waals surface area contributed by atoms with E-state index in [0.29, 0.717) is 12.5 Å². The monoisotopic (exact) mass is 212 g/mol. The number of rotatable bonds is 7. The highest BCUT2D eigenvalue weighted by atomic mass is 16.2. The van der Waals surface area contributed by atoms with Gasteiger partial charge < -0.3 is 10.6 Å². The third kappa shape index (κ3) is 4.20. The van der Waals surface area contributed by atoms with Gasteiger partial charge in [0.2, 0.25) is 5.91 Å². The predicted molar refractivity (Wildman–Crippen MR) is 62.4 cm³/mol. The third-order valence-electron chi connectivity index (χ3n) is 3.13. The minimum Gasteiger partial charge on any atom is -0.342 e. The molecular weight excluding hydrogens is 188 g/mol. The van der Waals surface area contributed by atoms with Gasteiger partial charge in [-0.05, 0) is 45.1 Å². The van der Waals surface area contributed by atoms with Gasteiger partial charge in [-0.25, -0.2) is 0 Å². The second-order valence-electron chi connectivity index (χ2n) is 4.65. The van der Waals surface area contributed by atoms with Gasteiger partial charge in [0.15, 0.2) is 0 Å². The number of nitrogens with two attached hydrogens (primary N) is 1. The number of hydrogen-bond donors (Lipinski definition) is 1. The molecule has 1 aliphatic carbocycles. The largest absolute Gasteiger partial charge is 0.342 e. The van der Waals surface area contributed by atoms with E-state index in [9.17, 15) is 4.79 Å². The van der Waals surface area contributed by atoms with Crippen LogP contribution in [-0.4, -0.2) is 30.4 Å². The summed E-state index contributed by atoms with van der Waals surface area (Å²) in [5.41, 5.74) is 5.45. The standard InChI is InChI=1S/C12H24N2O/c1-3-14(9-11-6-7-11)12(15)10(2)5-4-8-13/h10-11H,3-9,13H2,1-2H3. The van der Waals surface area contributed by atoms with Crippen molar-refractivity contribution in [3.63, 3.8) is 0 Å².